The van der Waals surface area contributed by atoms with E-state index in [0.29, 0.717) is 25.5 Å². The number of pyridine rings is 2. The van der Waals surface area contributed by atoms with Gasteiger partial charge in [0.1, 0.15) is 11.5 Å². The van der Waals surface area contributed by atoms with Gasteiger partial charge in [-0.3, -0.25) is 14.5 Å². The van der Waals surface area contributed by atoms with Crippen LogP contribution in [0.25, 0.3) is 39.1 Å². The summed E-state index contributed by atoms with van der Waals surface area (Å²) in [7, 11) is 0. The number of carbonyl (C=O) groups excluding carboxylic acids is 1. The Morgan fingerprint density at radius 3 is 2.97 bits per heavy atom. The fourth-order valence-corrected chi connectivity index (χ4v) is 5.45. The first-order chi connectivity index (χ1) is 17.7. The molecule has 4 heterocycles. The Bertz CT molecular complexity index is 1460. The molecule has 1 fully saturated rings. The van der Waals surface area contributed by atoms with Crippen LogP contribution in [-0.2, 0) is 9.53 Å². The molecule has 8 nitrogen and oxygen atoms in total. The van der Waals surface area contributed by atoms with Crippen LogP contribution in [0.4, 0.5) is 5.82 Å². The lowest BCUT2D eigenvalue weighted by atomic mass is 9.90. The normalized spacial score (nSPS) is 21.2. The van der Waals surface area contributed by atoms with E-state index in [1.54, 1.807) is 0 Å². The first kappa shape index (κ1) is 22.7. The molecular weight excluding hydrogens is 452 g/mol. The lowest BCUT2D eigenvalue weighted by Crippen LogP contribution is -2.39. The smallest absolute Gasteiger partial charge is 0.222 e. The van der Waals surface area contributed by atoms with Crippen molar-refractivity contribution in [3.05, 3.63) is 54.4 Å². The largest absolute Gasteiger partial charge is 0.383 e. The number of nitrogens with two attached hydrogens (primary N) is 1. The van der Waals surface area contributed by atoms with Gasteiger partial charge >= 0.3 is 0 Å². The van der Waals surface area contributed by atoms with Crippen molar-refractivity contribution < 1.29 is 9.53 Å². The number of nitrogen functional groups attached to an aromatic ring is 1. The molecule has 184 valence electrons. The zero-order valence-electron chi connectivity index (χ0n) is 20.2. The van der Waals surface area contributed by atoms with Crippen LogP contribution < -0.4 is 11.1 Å². The summed E-state index contributed by atoms with van der Waals surface area (Å²) in [5, 5.41) is 10.3. The van der Waals surface area contributed by atoms with Crippen molar-refractivity contribution in [2.75, 3.05) is 18.9 Å². The molecule has 0 spiro atoms. The molecular formula is C28H30N6O2. The highest BCUT2D eigenvalue weighted by Crippen LogP contribution is 2.39. The average Bonchev–Trinajstić information content (AvgIpc) is 3.30. The molecule has 0 unspecified atom stereocenters. The predicted octanol–water partition coefficient (Wildman–Crippen LogP) is 4.65. The highest BCUT2D eigenvalue weighted by atomic mass is 16.5. The van der Waals surface area contributed by atoms with Crippen LogP contribution in [-0.4, -0.2) is 44.9 Å². The number of carbonyl (C=O) groups is 1. The Morgan fingerprint density at radius 2 is 2.03 bits per heavy atom. The molecule has 1 aromatic carbocycles. The van der Waals surface area contributed by atoms with Gasteiger partial charge in [0.25, 0.3) is 0 Å². The third-order valence-electron chi connectivity index (χ3n) is 7.20. The molecule has 0 saturated heterocycles. The minimum atomic E-state index is 0.0495. The number of nitrogens with zero attached hydrogens (tertiary/aromatic N) is 4. The number of aromatic nitrogens is 4. The Kier molecular flexibility index (Phi) is 6.11. The van der Waals surface area contributed by atoms with Crippen molar-refractivity contribution >= 4 is 39.6 Å². The number of ether oxygens (including phenoxy) is 1. The molecule has 1 aliphatic carbocycles. The van der Waals surface area contributed by atoms with Gasteiger partial charge in [-0.05, 0) is 44.2 Å². The molecule has 3 aromatic heterocycles. The summed E-state index contributed by atoms with van der Waals surface area (Å²) < 4.78 is 7.80. The van der Waals surface area contributed by atoms with Gasteiger partial charge in [-0.1, -0.05) is 30.4 Å². The third-order valence-corrected chi connectivity index (χ3v) is 7.20. The minimum absolute atomic E-state index is 0.0495. The number of anilines is 1. The lowest BCUT2D eigenvalue weighted by molar-refractivity contribution is -0.123. The second-order valence-corrected chi connectivity index (χ2v) is 9.67. The number of nitrogens with one attached hydrogen (secondary N) is 1. The van der Waals surface area contributed by atoms with Gasteiger partial charge in [0.2, 0.25) is 5.91 Å². The highest BCUT2D eigenvalue weighted by molar-refractivity contribution is 6.04. The third kappa shape index (κ3) is 4.33. The van der Waals surface area contributed by atoms with Crippen LogP contribution in [0.1, 0.15) is 50.1 Å². The highest BCUT2D eigenvalue weighted by Gasteiger charge is 2.29. The van der Waals surface area contributed by atoms with E-state index in [-0.39, 0.29) is 18.0 Å². The Balaban J connectivity index is 1.53. The summed E-state index contributed by atoms with van der Waals surface area (Å²) in [6.45, 7) is 1.00. The standard InChI is InChI=1S/C28H30N6O2/c29-28-25-26(20-14-18-6-1-2-10-23(18)30-17-20)33-34-22-9-5-8-21(15-22)32-24(35)11-13-36-12-4-3-7-19(16-31-28)27(25)34/h1-3,6-7,10,14,16-17,21-22H,4-5,8-9,11-13,15H2,(H2,29,31)(H,32,35)/t21-,22-/m1/s1. The second kappa shape index (κ2) is 9.70. The average molecular weight is 483 g/mol. The van der Waals surface area contributed by atoms with Gasteiger partial charge in [-0.15, -0.1) is 0 Å². The van der Waals surface area contributed by atoms with Crippen molar-refractivity contribution in [1.29, 1.82) is 0 Å². The molecule has 2 aliphatic rings. The summed E-state index contributed by atoms with van der Waals surface area (Å²) in [6.07, 6.45) is 12.8. The Morgan fingerprint density at radius 1 is 1.11 bits per heavy atom. The number of fused-ring (bicyclic) bond motifs is 4. The fourth-order valence-electron chi connectivity index (χ4n) is 5.45. The van der Waals surface area contributed by atoms with Crippen LogP contribution in [0.15, 0.2) is 48.8 Å². The molecule has 36 heavy (non-hydrogen) atoms. The van der Waals surface area contributed by atoms with Gasteiger partial charge < -0.3 is 15.8 Å². The molecule has 8 heteroatoms. The van der Waals surface area contributed by atoms with Gasteiger partial charge in [0, 0.05) is 41.4 Å². The molecule has 6 rings (SSSR count). The summed E-state index contributed by atoms with van der Waals surface area (Å²) in [5.41, 5.74) is 11.1. The lowest BCUT2D eigenvalue weighted by Gasteiger charge is -2.30. The van der Waals surface area contributed by atoms with Gasteiger partial charge in [-0.25, -0.2) is 4.98 Å². The van der Waals surface area contributed by atoms with Crippen molar-refractivity contribution in [1.82, 2.24) is 25.1 Å². The molecule has 0 radical (unpaired) electrons. The van der Waals surface area contributed by atoms with Crippen molar-refractivity contribution in [3.63, 3.8) is 0 Å². The van der Waals surface area contributed by atoms with E-state index in [9.17, 15) is 4.79 Å². The number of amides is 1. The Hall–Kier alpha value is -3.78. The zero-order valence-corrected chi connectivity index (χ0v) is 20.2. The topological polar surface area (TPSA) is 108 Å². The predicted molar refractivity (Wildman–Crippen MR) is 141 cm³/mol. The molecule has 2 bridgehead atoms. The number of rotatable bonds is 1. The SMILES string of the molecule is Nc1ncc2c3c1c(-c1cnc4ccccc4c1)nn3[C@@H]1CCC[C@H](C1)NC(=O)CCOCCC=C2. The fraction of sp³-hybridized carbons (Fsp3) is 0.357. The molecule has 4 aromatic rings. The van der Waals surface area contributed by atoms with Crippen LogP contribution in [0.2, 0.25) is 0 Å². The number of benzene rings is 1. The van der Waals surface area contributed by atoms with E-state index in [4.69, 9.17) is 15.6 Å². The number of hydrogen-bond acceptors (Lipinski definition) is 6. The molecule has 1 amide bonds. The summed E-state index contributed by atoms with van der Waals surface area (Å²) >= 11 is 0. The first-order valence-corrected chi connectivity index (χ1v) is 12.7. The van der Waals surface area contributed by atoms with Crippen molar-refractivity contribution in [3.8, 4) is 11.3 Å². The Labute approximate surface area is 209 Å². The maximum atomic E-state index is 12.5. The number of hydrogen-bond donors (Lipinski definition) is 2. The van der Waals surface area contributed by atoms with Crippen molar-refractivity contribution in [2.45, 2.75) is 50.6 Å². The van der Waals surface area contributed by atoms with Crippen LogP contribution in [0.3, 0.4) is 0 Å². The second-order valence-electron chi connectivity index (χ2n) is 9.67. The van der Waals surface area contributed by atoms with Crippen LogP contribution in [0, 0.1) is 0 Å². The molecule has 2 atom stereocenters. The van der Waals surface area contributed by atoms with Gasteiger partial charge in [0.15, 0.2) is 0 Å². The molecule has 1 saturated carbocycles. The van der Waals surface area contributed by atoms with Gasteiger partial charge in [-0.2, -0.15) is 5.10 Å². The van der Waals surface area contributed by atoms with E-state index < -0.39 is 0 Å². The van der Waals surface area contributed by atoms with E-state index >= 15 is 0 Å². The number of para-hydroxylation sites is 1. The molecule has 3 N–H and O–H groups in total. The minimum Gasteiger partial charge on any atom is -0.383 e. The monoisotopic (exact) mass is 482 g/mol. The maximum absolute atomic E-state index is 12.5. The molecule has 1 aliphatic heterocycles. The van der Waals surface area contributed by atoms with Crippen LogP contribution in [0.5, 0.6) is 0 Å². The van der Waals surface area contributed by atoms with Crippen molar-refractivity contribution in [2.24, 2.45) is 0 Å². The summed E-state index contributed by atoms with van der Waals surface area (Å²) in [4.78, 5) is 21.7. The first-order valence-electron chi connectivity index (χ1n) is 12.7. The maximum Gasteiger partial charge on any atom is 0.222 e. The summed E-state index contributed by atoms with van der Waals surface area (Å²) in [5.74, 6) is 0.506. The van der Waals surface area contributed by atoms with E-state index in [1.165, 1.54) is 0 Å². The summed E-state index contributed by atoms with van der Waals surface area (Å²) in [6, 6.07) is 10.4. The van der Waals surface area contributed by atoms with Gasteiger partial charge in [0.05, 0.1) is 35.7 Å². The quantitative estimate of drug-likeness (QED) is 0.409. The van der Waals surface area contributed by atoms with E-state index in [2.05, 4.69) is 44.3 Å². The zero-order chi connectivity index (χ0) is 24.5. The van der Waals surface area contributed by atoms with Crippen LogP contribution >= 0.6 is 0 Å². The van der Waals surface area contributed by atoms with E-state index in [1.807, 2.05) is 30.6 Å². The van der Waals surface area contributed by atoms with E-state index in [0.717, 1.165) is 70.7 Å².